The minimum absolute atomic E-state index is 0.165. The van der Waals surface area contributed by atoms with Gasteiger partial charge in [0.25, 0.3) is 0 Å². The van der Waals surface area contributed by atoms with Crippen molar-refractivity contribution in [3.8, 4) is 22.6 Å². The molecule has 0 saturated heterocycles. The molecule has 29 heavy (non-hydrogen) atoms. The van der Waals surface area contributed by atoms with Crippen molar-refractivity contribution >= 4 is 22.6 Å². The predicted molar refractivity (Wildman–Crippen MR) is 110 cm³/mol. The third kappa shape index (κ3) is 4.10. The Morgan fingerprint density at radius 2 is 1.72 bits per heavy atom. The number of rotatable bonds is 5. The van der Waals surface area contributed by atoms with Gasteiger partial charge in [-0.3, -0.25) is 0 Å². The molecule has 0 amide bonds. The molecule has 3 aromatic carbocycles. The first-order chi connectivity index (χ1) is 14.0. The van der Waals surface area contributed by atoms with Gasteiger partial charge in [-0.2, -0.15) is 0 Å². The lowest BCUT2D eigenvalue weighted by Gasteiger charge is -2.09. The van der Waals surface area contributed by atoms with Crippen LogP contribution in [0.2, 0.25) is 5.02 Å². The topological polar surface area (TPSA) is 48.7 Å². The van der Waals surface area contributed by atoms with E-state index in [0.29, 0.717) is 33.2 Å². The highest BCUT2D eigenvalue weighted by Crippen LogP contribution is 2.26. The molecule has 1 heterocycles. The second kappa shape index (κ2) is 7.97. The van der Waals surface area contributed by atoms with Gasteiger partial charge in [0.1, 0.15) is 29.5 Å². The van der Waals surface area contributed by atoms with Crippen LogP contribution in [0, 0.1) is 5.82 Å². The van der Waals surface area contributed by atoms with E-state index in [0.717, 1.165) is 10.9 Å². The zero-order valence-corrected chi connectivity index (χ0v) is 16.2. The van der Waals surface area contributed by atoms with Crippen molar-refractivity contribution in [3.63, 3.8) is 0 Å². The van der Waals surface area contributed by atoms with Crippen molar-refractivity contribution < 1.29 is 18.3 Å². The number of hydrogen-bond acceptors (Lipinski definition) is 4. The third-order valence-electron chi connectivity index (χ3n) is 4.52. The molecule has 0 radical (unpaired) electrons. The summed E-state index contributed by atoms with van der Waals surface area (Å²) in [4.78, 5) is 12.5. The lowest BCUT2D eigenvalue weighted by Crippen LogP contribution is -2.03. The van der Waals surface area contributed by atoms with E-state index < -0.39 is 11.4 Å². The van der Waals surface area contributed by atoms with Gasteiger partial charge >= 0.3 is 5.63 Å². The molecule has 4 aromatic rings. The van der Waals surface area contributed by atoms with E-state index in [2.05, 4.69) is 0 Å². The summed E-state index contributed by atoms with van der Waals surface area (Å²) in [5, 5.41) is 1.06. The first kappa shape index (κ1) is 19.0. The average Bonchev–Trinajstić information content (AvgIpc) is 2.72. The molecule has 0 spiro atoms. The Hall–Kier alpha value is -3.31. The van der Waals surface area contributed by atoms with Crippen LogP contribution in [0.3, 0.4) is 0 Å². The van der Waals surface area contributed by atoms with E-state index in [1.807, 2.05) is 6.07 Å². The number of ether oxygens (including phenoxy) is 2. The van der Waals surface area contributed by atoms with Gasteiger partial charge in [-0.25, -0.2) is 9.18 Å². The fraction of sp³-hybridized carbons (Fsp3) is 0.0870. The molecule has 6 heteroatoms. The van der Waals surface area contributed by atoms with Gasteiger partial charge in [0, 0.05) is 17.0 Å². The molecular weight excluding hydrogens is 395 g/mol. The summed E-state index contributed by atoms with van der Waals surface area (Å²) in [5.74, 6) is 0.819. The number of fused-ring (bicyclic) bond motifs is 1. The largest absolute Gasteiger partial charge is 0.497 e. The zero-order chi connectivity index (χ0) is 20.4. The Kier molecular flexibility index (Phi) is 5.23. The van der Waals surface area contributed by atoms with Gasteiger partial charge in [-0.1, -0.05) is 29.8 Å². The van der Waals surface area contributed by atoms with Gasteiger partial charge in [0.2, 0.25) is 0 Å². The molecule has 0 unspecified atom stereocenters. The van der Waals surface area contributed by atoms with E-state index in [1.165, 1.54) is 12.1 Å². The van der Waals surface area contributed by atoms with Gasteiger partial charge in [-0.05, 0) is 48.0 Å². The minimum atomic E-state index is -0.443. The number of benzene rings is 3. The van der Waals surface area contributed by atoms with E-state index in [-0.39, 0.29) is 6.61 Å². The first-order valence-corrected chi connectivity index (χ1v) is 9.20. The molecule has 1 aromatic heterocycles. The highest BCUT2D eigenvalue weighted by Gasteiger charge is 2.10. The van der Waals surface area contributed by atoms with E-state index >= 15 is 0 Å². The molecule has 0 aliphatic rings. The fourth-order valence-electron chi connectivity index (χ4n) is 2.95. The van der Waals surface area contributed by atoms with Gasteiger partial charge in [0.15, 0.2) is 0 Å². The number of hydrogen-bond donors (Lipinski definition) is 0. The summed E-state index contributed by atoms with van der Waals surface area (Å²) in [5.41, 5.74) is 1.83. The van der Waals surface area contributed by atoms with E-state index in [1.54, 1.807) is 55.6 Å². The molecular formula is C23H16ClFO4. The Balaban J connectivity index is 1.60. The molecule has 0 saturated carbocycles. The summed E-state index contributed by atoms with van der Waals surface area (Å²) >= 11 is 6.02. The van der Waals surface area contributed by atoms with Crippen LogP contribution in [0.25, 0.3) is 22.1 Å². The van der Waals surface area contributed by atoms with Crippen molar-refractivity contribution in [2.24, 2.45) is 0 Å². The van der Waals surface area contributed by atoms with Crippen molar-refractivity contribution in [3.05, 3.63) is 93.6 Å². The molecule has 146 valence electrons. The first-order valence-electron chi connectivity index (χ1n) is 8.82. The van der Waals surface area contributed by atoms with Gasteiger partial charge in [-0.15, -0.1) is 0 Å². The summed E-state index contributed by atoms with van der Waals surface area (Å²) < 4.78 is 29.5. The lowest BCUT2D eigenvalue weighted by atomic mass is 10.1. The molecule has 4 nitrogen and oxygen atoms in total. The molecule has 4 rings (SSSR count). The highest BCUT2D eigenvalue weighted by molar-refractivity contribution is 6.31. The van der Waals surface area contributed by atoms with Crippen LogP contribution in [0.4, 0.5) is 4.39 Å². The number of halogens is 2. The van der Waals surface area contributed by atoms with Crippen LogP contribution in [0.1, 0.15) is 5.56 Å². The van der Waals surface area contributed by atoms with Crippen LogP contribution < -0.4 is 15.1 Å². The standard InChI is InChI=1S/C23H16ClFO4/c1-27-18-7-3-14(4-8-18)20-10-15-5-9-19(12-22(15)29-23(20)26)28-13-16-2-6-17(25)11-21(16)24/h2-12H,13H2,1H3. The zero-order valence-electron chi connectivity index (χ0n) is 15.4. The Bertz CT molecular complexity index is 1230. The summed E-state index contributed by atoms with van der Waals surface area (Å²) in [7, 11) is 1.59. The van der Waals surface area contributed by atoms with Crippen LogP contribution in [0.5, 0.6) is 11.5 Å². The Morgan fingerprint density at radius 1 is 0.966 bits per heavy atom. The average molecular weight is 411 g/mol. The molecule has 0 bridgehead atoms. The van der Waals surface area contributed by atoms with Crippen LogP contribution in [0.15, 0.2) is 75.9 Å². The molecule has 0 N–H and O–H groups in total. The normalized spacial score (nSPS) is 10.9. The third-order valence-corrected chi connectivity index (χ3v) is 4.87. The van der Waals surface area contributed by atoms with E-state index in [9.17, 15) is 9.18 Å². The van der Waals surface area contributed by atoms with Crippen molar-refractivity contribution in [1.82, 2.24) is 0 Å². The quantitative estimate of drug-likeness (QED) is 0.388. The molecule has 0 fully saturated rings. The summed E-state index contributed by atoms with van der Waals surface area (Å²) in [6, 6.07) is 18.3. The molecule has 0 atom stereocenters. The van der Waals surface area contributed by atoms with Crippen LogP contribution >= 0.6 is 11.6 Å². The van der Waals surface area contributed by atoms with Gasteiger partial charge < -0.3 is 13.9 Å². The summed E-state index contributed by atoms with van der Waals surface area (Å²) in [6.45, 7) is 0.165. The van der Waals surface area contributed by atoms with Crippen LogP contribution in [-0.2, 0) is 6.61 Å². The second-order valence-electron chi connectivity index (χ2n) is 6.40. The van der Waals surface area contributed by atoms with Gasteiger partial charge in [0.05, 0.1) is 17.7 Å². The van der Waals surface area contributed by atoms with Crippen molar-refractivity contribution in [2.45, 2.75) is 6.61 Å². The van der Waals surface area contributed by atoms with E-state index in [4.69, 9.17) is 25.5 Å². The second-order valence-corrected chi connectivity index (χ2v) is 6.81. The highest BCUT2D eigenvalue weighted by atomic mass is 35.5. The lowest BCUT2D eigenvalue weighted by molar-refractivity contribution is 0.306. The Morgan fingerprint density at radius 3 is 2.45 bits per heavy atom. The smallest absolute Gasteiger partial charge is 0.344 e. The SMILES string of the molecule is COc1ccc(-c2cc3ccc(OCc4ccc(F)cc4Cl)cc3oc2=O)cc1. The summed E-state index contributed by atoms with van der Waals surface area (Å²) in [6.07, 6.45) is 0. The maximum Gasteiger partial charge on any atom is 0.344 e. The predicted octanol–water partition coefficient (Wildman–Crippen LogP) is 5.84. The monoisotopic (exact) mass is 410 g/mol. The minimum Gasteiger partial charge on any atom is -0.497 e. The van der Waals surface area contributed by atoms with Crippen molar-refractivity contribution in [2.75, 3.05) is 7.11 Å². The maximum atomic E-state index is 13.1. The molecule has 0 aliphatic carbocycles. The Labute approximate surface area is 171 Å². The fourth-order valence-corrected chi connectivity index (χ4v) is 3.17. The maximum absolute atomic E-state index is 13.1. The van der Waals surface area contributed by atoms with Crippen LogP contribution in [-0.4, -0.2) is 7.11 Å². The van der Waals surface area contributed by atoms with Crippen molar-refractivity contribution in [1.29, 1.82) is 0 Å². The number of methoxy groups -OCH3 is 1. The molecule has 0 aliphatic heterocycles.